The minimum atomic E-state index is -0.430. The standard InChI is InChI=1S/C14H13N3O3S2/c1-20-10-6-3-2-5-9(10)12(18)15-14(21)17-16-13(19)11-7-4-8-22-11/h2-8H,1H3,(H,16,19)(H2,15,17,18,21). The smallest absolute Gasteiger partial charge is 0.279 e. The Morgan fingerprint density at radius 3 is 2.55 bits per heavy atom. The van der Waals surface area contributed by atoms with Gasteiger partial charge in [0.05, 0.1) is 17.6 Å². The normalized spacial score (nSPS) is 9.68. The number of thiophene rings is 1. The summed E-state index contributed by atoms with van der Waals surface area (Å²) in [7, 11) is 1.48. The second-order valence-electron chi connectivity index (χ2n) is 4.04. The van der Waals surface area contributed by atoms with Crippen molar-refractivity contribution in [2.45, 2.75) is 0 Å². The van der Waals surface area contributed by atoms with Gasteiger partial charge >= 0.3 is 0 Å². The van der Waals surface area contributed by atoms with Crippen LogP contribution in [0, 0.1) is 0 Å². The number of hydrogen-bond acceptors (Lipinski definition) is 5. The summed E-state index contributed by atoms with van der Waals surface area (Å²) in [4.78, 5) is 24.3. The summed E-state index contributed by atoms with van der Waals surface area (Å²) in [5, 5.41) is 4.24. The first-order chi connectivity index (χ1) is 10.6. The molecule has 1 heterocycles. The van der Waals surface area contributed by atoms with Crippen LogP contribution < -0.4 is 20.9 Å². The minimum Gasteiger partial charge on any atom is -0.496 e. The van der Waals surface area contributed by atoms with Gasteiger partial charge in [0.15, 0.2) is 5.11 Å². The molecule has 2 amide bonds. The van der Waals surface area contributed by atoms with Crippen molar-refractivity contribution in [3.05, 3.63) is 52.2 Å². The summed E-state index contributed by atoms with van der Waals surface area (Å²) in [6.45, 7) is 0. The van der Waals surface area contributed by atoms with Crippen LogP contribution in [0.15, 0.2) is 41.8 Å². The quantitative estimate of drug-likeness (QED) is 0.588. The molecule has 0 aliphatic rings. The Labute approximate surface area is 136 Å². The van der Waals surface area contributed by atoms with Gasteiger partial charge in [-0.3, -0.25) is 25.8 Å². The number of methoxy groups -OCH3 is 1. The van der Waals surface area contributed by atoms with Gasteiger partial charge in [-0.05, 0) is 35.8 Å². The number of benzene rings is 1. The van der Waals surface area contributed by atoms with Crippen LogP contribution in [0.25, 0.3) is 0 Å². The van der Waals surface area contributed by atoms with Gasteiger partial charge in [-0.25, -0.2) is 0 Å². The van der Waals surface area contributed by atoms with Gasteiger partial charge in [-0.2, -0.15) is 0 Å². The van der Waals surface area contributed by atoms with Crippen molar-refractivity contribution in [1.29, 1.82) is 0 Å². The van der Waals surface area contributed by atoms with Crippen LogP contribution in [-0.4, -0.2) is 24.0 Å². The van der Waals surface area contributed by atoms with Gasteiger partial charge in [0, 0.05) is 0 Å². The molecule has 0 unspecified atom stereocenters. The molecule has 22 heavy (non-hydrogen) atoms. The molecule has 3 N–H and O–H groups in total. The number of thiocarbonyl (C=S) groups is 1. The first-order valence-corrected chi connectivity index (χ1v) is 7.49. The third kappa shape index (κ3) is 4.03. The Morgan fingerprint density at radius 1 is 1.09 bits per heavy atom. The van der Waals surface area contributed by atoms with Crippen LogP contribution in [0.5, 0.6) is 5.75 Å². The molecule has 6 nitrogen and oxygen atoms in total. The fourth-order valence-electron chi connectivity index (χ4n) is 1.62. The van der Waals surface area contributed by atoms with Crippen LogP contribution in [0.3, 0.4) is 0 Å². The second kappa shape index (κ2) is 7.53. The van der Waals surface area contributed by atoms with Crippen molar-refractivity contribution in [2.24, 2.45) is 0 Å². The van der Waals surface area contributed by atoms with Gasteiger partial charge in [-0.15, -0.1) is 11.3 Å². The summed E-state index contributed by atoms with van der Waals surface area (Å²) < 4.78 is 5.10. The van der Waals surface area contributed by atoms with E-state index >= 15 is 0 Å². The highest BCUT2D eigenvalue weighted by molar-refractivity contribution is 7.80. The molecular weight excluding hydrogens is 322 g/mol. The molecule has 1 aromatic carbocycles. The molecule has 0 spiro atoms. The van der Waals surface area contributed by atoms with Crippen LogP contribution >= 0.6 is 23.6 Å². The van der Waals surface area contributed by atoms with Crippen LogP contribution in [0.4, 0.5) is 0 Å². The van der Waals surface area contributed by atoms with Crippen molar-refractivity contribution < 1.29 is 14.3 Å². The molecule has 0 saturated heterocycles. The van der Waals surface area contributed by atoms with E-state index < -0.39 is 5.91 Å². The van der Waals surface area contributed by atoms with E-state index in [9.17, 15) is 9.59 Å². The fraction of sp³-hybridized carbons (Fsp3) is 0.0714. The lowest BCUT2D eigenvalue weighted by Crippen LogP contribution is -2.48. The number of hydrogen-bond donors (Lipinski definition) is 3. The van der Waals surface area contributed by atoms with Crippen molar-refractivity contribution in [3.8, 4) is 5.75 Å². The highest BCUT2D eigenvalue weighted by atomic mass is 32.1. The maximum absolute atomic E-state index is 12.1. The first kappa shape index (κ1) is 15.9. The number of amides is 2. The molecule has 0 bridgehead atoms. The first-order valence-electron chi connectivity index (χ1n) is 6.20. The average Bonchev–Trinajstić information content (AvgIpc) is 3.07. The van der Waals surface area contributed by atoms with Crippen LogP contribution in [0.2, 0.25) is 0 Å². The lowest BCUT2D eigenvalue weighted by Gasteiger charge is -2.11. The predicted octanol–water partition coefficient (Wildman–Crippen LogP) is 1.71. The number of rotatable bonds is 3. The molecule has 8 heteroatoms. The second-order valence-corrected chi connectivity index (χ2v) is 5.40. The van der Waals surface area contributed by atoms with E-state index in [-0.39, 0.29) is 11.0 Å². The average molecular weight is 335 g/mol. The molecule has 0 radical (unpaired) electrons. The number of carbonyl (C=O) groups excluding carboxylic acids is 2. The number of nitrogens with one attached hydrogen (secondary N) is 3. The Bertz CT molecular complexity index is 686. The largest absolute Gasteiger partial charge is 0.496 e. The number of ether oxygens (including phenoxy) is 1. The third-order valence-electron chi connectivity index (χ3n) is 2.61. The van der Waals surface area contributed by atoms with Gasteiger partial charge in [0.1, 0.15) is 5.75 Å². The van der Waals surface area contributed by atoms with E-state index in [1.165, 1.54) is 18.4 Å². The molecule has 0 aliphatic heterocycles. The van der Waals surface area contributed by atoms with Gasteiger partial charge < -0.3 is 4.74 Å². The summed E-state index contributed by atoms with van der Waals surface area (Å²) >= 11 is 6.26. The van der Waals surface area contributed by atoms with Gasteiger partial charge in [-0.1, -0.05) is 18.2 Å². The van der Waals surface area contributed by atoms with Crippen molar-refractivity contribution in [1.82, 2.24) is 16.2 Å². The summed E-state index contributed by atoms with van der Waals surface area (Å²) in [6, 6.07) is 10.2. The zero-order valence-electron chi connectivity index (χ0n) is 11.6. The summed E-state index contributed by atoms with van der Waals surface area (Å²) in [5.41, 5.74) is 5.23. The Balaban J connectivity index is 1.89. The van der Waals surface area contributed by atoms with Gasteiger partial charge in [0.25, 0.3) is 11.8 Å². The van der Waals surface area contributed by atoms with E-state index in [0.717, 1.165) is 0 Å². The molecule has 1 aromatic heterocycles. The molecule has 0 atom stereocenters. The molecule has 114 valence electrons. The molecule has 0 aliphatic carbocycles. The number of para-hydroxylation sites is 1. The lowest BCUT2D eigenvalue weighted by molar-refractivity contribution is 0.0937. The third-order valence-corrected chi connectivity index (χ3v) is 3.69. The van der Waals surface area contributed by atoms with Crippen molar-refractivity contribution >= 4 is 40.5 Å². The highest BCUT2D eigenvalue weighted by Gasteiger charge is 2.13. The number of carbonyl (C=O) groups is 2. The Hall–Kier alpha value is -2.45. The highest BCUT2D eigenvalue weighted by Crippen LogP contribution is 2.16. The van der Waals surface area contributed by atoms with Crippen LogP contribution in [-0.2, 0) is 0 Å². The Kier molecular flexibility index (Phi) is 5.45. The van der Waals surface area contributed by atoms with E-state index in [2.05, 4.69) is 16.2 Å². The topological polar surface area (TPSA) is 79.5 Å². The predicted molar refractivity (Wildman–Crippen MR) is 88.0 cm³/mol. The molecule has 2 rings (SSSR count). The summed E-state index contributed by atoms with van der Waals surface area (Å²) in [6.07, 6.45) is 0. The maximum Gasteiger partial charge on any atom is 0.279 e. The summed E-state index contributed by atoms with van der Waals surface area (Å²) in [5.74, 6) is -0.324. The zero-order chi connectivity index (χ0) is 15.9. The number of hydrazine groups is 1. The van der Waals surface area contributed by atoms with E-state index in [1.54, 1.807) is 41.8 Å². The van der Waals surface area contributed by atoms with Gasteiger partial charge in [0.2, 0.25) is 0 Å². The van der Waals surface area contributed by atoms with Crippen molar-refractivity contribution in [3.63, 3.8) is 0 Å². The minimum absolute atomic E-state index is 0.0131. The molecule has 0 saturated carbocycles. The maximum atomic E-state index is 12.1. The van der Waals surface area contributed by atoms with E-state index in [0.29, 0.717) is 16.2 Å². The Morgan fingerprint density at radius 2 is 1.86 bits per heavy atom. The van der Waals surface area contributed by atoms with Crippen molar-refractivity contribution in [2.75, 3.05) is 7.11 Å². The zero-order valence-corrected chi connectivity index (χ0v) is 13.2. The van der Waals surface area contributed by atoms with E-state index in [1.807, 2.05) is 0 Å². The SMILES string of the molecule is COc1ccccc1C(=O)NC(=S)NNC(=O)c1cccs1. The lowest BCUT2D eigenvalue weighted by atomic mass is 10.2. The van der Waals surface area contributed by atoms with Crippen LogP contribution in [0.1, 0.15) is 20.0 Å². The molecule has 2 aromatic rings. The monoisotopic (exact) mass is 335 g/mol. The molecular formula is C14H13N3O3S2. The fourth-order valence-corrected chi connectivity index (χ4v) is 2.38. The van der Waals surface area contributed by atoms with E-state index in [4.69, 9.17) is 17.0 Å². The molecule has 0 fully saturated rings.